The van der Waals surface area contributed by atoms with Gasteiger partial charge < -0.3 is 15.2 Å². The third-order valence-electron chi connectivity index (χ3n) is 4.00. The molecule has 1 amide bonds. The molecular weight excluding hydrogens is 298 g/mol. The van der Waals surface area contributed by atoms with E-state index in [-0.39, 0.29) is 5.91 Å². The standard InChI is InChI=1S/C17H19NO5/c1-10-7-8-11(17(22)23-2)9-14(10)18-15(19)12-5-3-4-6-13(12)16(20)21/h3-4,7-9,12-13H,5-6H2,1-2H3,(H,18,19)(H,20,21)/t12-,13+/m1/s1. The first-order valence-corrected chi connectivity index (χ1v) is 7.31. The van der Waals surface area contributed by atoms with Crippen molar-refractivity contribution in [2.45, 2.75) is 19.8 Å². The Morgan fingerprint density at radius 2 is 1.83 bits per heavy atom. The number of ether oxygens (including phenoxy) is 1. The average molecular weight is 317 g/mol. The second-order valence-corrected chi connectivity index (χ2v) is 5.50. The topological polar surface area (TPSA) is 92.7 Å². The zero-order chi connectivity index (χ0) is 17.0. The summed E-state index contributed by atoms with van der Waals surface area (Å²) in [6.45, 7) is 1.80. The highest BCUT2D eigenvalue weighted by Gasteiger charge is 2.34. The maximum Gasteiger partial charge on any atom is 0.337 e. The Morgan fingerprint density at radius 1 is 1.17 bits per heavy atom. The maximum atomic E-state index is 12.5. The van der Waals surface area contributed by atoms with Crippen LogP contribution in [0.1, 0.15) is 28.8 Å². The van der Waals surface area contributed by atoms with Crippen molar-refractivity contribution in [1.82, 2.24) is 0 Å². The van der Waals surface area contributed by atoms with Gasteiger partial charge in [-0.05, 0) is 37.5 Å². The van der Waals surface area contributed by atoms with Crippen molar-refractivity contribution >= 4 is 23.5 Å². The van der Waals surface area contributed by atoms with Crippen molar-refractivity contribution in [1.29, 1.82) is 0 Å². The number of methoxy groups -OCH3 is 1. The number of carbonyl (C=O) groups is 3. The molecule has 1 aliphatic carbocycles. The number of aryl methyl sites for hydroxylation is 1. The lowest BCUT2D eigenvalue weighted by Crippen LogP contribution is -2.34. The lowest BCUT2D eigenvalue weighted by Gasteiger charge is -2.24. The summed E-state index contributed by atoms with van der Waals surface area (Å²) in [5, 5.41) is 12.0. The molecule has 2 N–H and O–H groups in total. The molecule has 0 spiro atoms. The molecule has 0 radical (unpaired) electrons. The summed E-state index contributed by atoms with van der Waals surface area (Å²) >= 11 is 0. The molecule has 2 atom stereocenters. The van der Waals surface area contributed by atoms with Crippen LogP contribution in [0.4, 0.5) is 5.69 Å². The maximum absolute atomic E-state index is 12.5. The Labute approximate surface area is 134 Å². The van der Waals surface area contributed by atoms with E-state index in [9.17, 15) is 19.5 Å². The van der Waals surface area contributed by atoms with Gasteiger partial charge in [0.25, 0.3) is 0 Å². The average Bonchev–Trinajstić information content (AvgIpc) is 2.56. The number of allylic oxidation sites excluding steroid dienone is 2. The fourth-order valence-corrected chi connectivity index (χ4v) is 2.60. The summed E-state index contributed by atoms with van der Waals surface area (Å²) in [5.41, 5.74) is 1.59. The van der Waals surface area contributed by atoms with Gasteiger partial charge >= 0.3 is 11.9 Å². The van der Waals surface area contributed by atoms with Crippen molar-refractivity contribution in [3.05, 3.63) is 41.5 Å². The SMILES string of the molecule is COC(=O)c1ccc(C)c(NC(=O)[C@@H]2CC=CC[C@@H]2C(=O)O)c1. The third-order valence-corrected chi connectivity index (χ3v) is 4.00. The molecule has 1 aromatic carbocycles. The minimum absolute atomic E-state index is 0.326. The number of nitrogens with one attached hydrogen (secondary N) is 1. The minimum Gasteiger partial charge on any atom is -0.481 e. The molecule has 0 aromatic heterocycles. The van der Waals surface area contributed by atoms with E-state index < -0.39 is 23.8 Å². The van der Waals surface area contributed by atoms with Crippen LogP contribution < -0.4 is 5.32 Å². The molecule has 0 heterocycles. The molecule has 0 aliphatic heterocycles. The summed E-state index contributed by atoms with van der Waals surface area (Å²) in [4.78, 5) is 35.3. The van der Waals surface area contributed by atoms with Crippen molar-refractivity contribution in [2.75, 3.05) is 12.4 Å². The number of anilines is 1. The molecule has 0 bridgehead atoms. The van der Waals surface area contributed by atoms with Crippen LogP contribution in [-0.2, 0) is 14.3 Å². The Hall–Kier alpha value is -2.63. The second-order valence-electron chi connectivity index (χ2n) is 5.50. The van der Waals surface area contributed by atoms with E-state index in [2.05, 4.69) is 10.1 Å². The molecule has 2 rings (SSSR count). The highest BCUT2D eigenvalue weighted by Crippen LogP contribution is 2.28. The number of hydrogen-bond donors (Lipinski definition) is 2. The second kappa shape index (κ2) is 7.09. The number of carbonyl (C=O) groups excluding carboxylic acids is 2. The molecule has 0 unspecified atom stereocenters. The monoisotopic (exact) mass is 317 g/mol. The summed E-state index contributed by atoms with van der Waals surface area (Å²) in [6.07, 6.45) is 4.33. The van der Waals surface area contributed by atoms with Gasteiger partial charge in [0.2, 0.25) is 5.91 Å². The van der Waals surface area contributed by atoms with Crippen LogP contribution in [0.15, 0.2) is 30.4 Å². The molecular formula is C17H19NO5. The number of amides is 1. The fraction of sp³-hybridized carbons (Fsp3) is 0.353. The Morgan fingerprint density at radius 3 is 2.43 bits per heavy atom. The Balaban J connectivity index is 2.21. The molecule has 6 nitrogen and oxygen atoms in total. The van der Waals surface area contributed by atoms with E-state index >= 15 is 0 Å². The highest BCUT2D eigenvalue weighted by atomic mass is 16.5. The van der Waals surface area contributed by atoms with E-state index in [0.29, 0.717) is 24.1 Å². The van der Waals surface area contributed by atoms with Crippen molar-refractivity contribution in [3.8, 4) is 0 Å². The largest absolute Gasteiger partial charge is 0.481 e. The van der Waals surface area contributed by atoms with Gasteiger partial charge in [-0.1, -0.05) is 18.2 Å². The normalized spacial score (nSPS) is 19.9. The molecule has 0 fully saturated rings. The zero-order valence-corrected chi connectivity index (χ0v) is 13.0. The van der Waals surface area contributed by atoms with Crippen LogP contribution in [0, 0.1) is 18.8 Å². The molecule has 1 aliphatic rings. The summed E-state index contributed by atoms with van der Waals surface area (Å²) in [7, 11) is 1.28. The van der Waals surface area contributed by atoms with Gasteiger partial charge in [-0.2, -0.15) is 0 Å². The van der Waals surface area contributed by atoms with Crippen LogP contribution >= 0.6 is 0 Å². The number of rotatable bonds is 4. The van der Waals surface area contributed by atoms with Gasteiger partial charge in [-0.15, -0.1) is 0 Å². The zero-order valence-electron chi connectivity index (χ0n) is 13.0. The number of hydrogen-bond acceptors (Lipinski definition) is 4. The lowest BCUT2D eigenvalue weighted by atomic mass is 9.82. The van der Waals surface area contributed by atoms with Crippen molar-refractivity contribution < 1.29 is 24.2 Å². The smallest absolute Gasteiger partial charge is 0.337 e. The number of aliphatic carboxylic acids is 1. The number of benzene rings is 1. The molecule has 0 saturated carbocycles. The minimum atomic E-state index is -0.977. The van der Waals surface area contributed by atoms with Crippen LogP contribution in [0.3, 0.4) is 0 Å². The van der Waals surface area contributed by atoms with E-state index in [4.69, 9.17) is 0 Å². The summed E-state index contributed by atoms with van der Waals surface area (Å²) in [6, 6.07) is 4.85. The van der Waals surface area contributed by atoms with E-state index in [0.717, 1.165) is 5.56 Å². The Bertz CT molecular complexity index is 665. The van der Waals surface area contributed by atoms with E-state index in [1.807, 2.05) is 6.08 Å². The van der Waals surface area contributed by atoms with Gasteiger partial charge in [0.05, 0.1) is 24.5 Å². The van der Waals surface area contributed by atoms with Crippen LogP contribution in [0.2, 0.25) is 0 Å². The highest BCUT2D eigenvalue weighted by molar-refractivity contribution is 5.98. The van der Waals surface area contributed by atoms with Gasteiger partial charge in [-0.3, -0.25) is 9.59 Å². The Kier molecular flexibility index (Phi) is 5.16. The van der Waals surface area contributed by atoms with Crippen LogP contribution in [0.25, 0.3) is 0 Å². The molecule has 23 heavy (non-hydrogen) atoms. The first-order valence-electron chi connectivity index (χ1n) is 7.31. The van der Waals surface area contributed by atoms with Gasteiger partial charge in [0.15, 0.2) is 0 Å². The summed E-state index contributed by atoms with van der Waals surface area (Å²) in [5.74, 6) is -3.19. The van der Waals surface area contributed by atoms with Gasteiger partial charge in [0.1, 0.15) is 0 Å². The van der Waals surface area contributed by atoms with Crippen LogP contribution in [0.5, 0.6) is 0 Å². The van der Waals surface area contributed by atoms with Gasteiger partial charge in [0, 0.05) is 5.69 Å². The van der Waals surface area contributed by atoms with E-state index in [1.54, 1.807) is 25.1 Å². The quantitative estimate of drug-likeness (QED) is 0.657. The van der Waals surface area contributed by atoms with Gasteiger partial charge in [-0.25, -0.2) is 4.79 Å². The van der Waals surface area contributed by atoms with E-state index in [1.165, 1.54) is 13.2 Å². The summed E-state index contributed by atoms with van der Waals surface area (Å²) < 4.78 is 4.66. The van der Waals surface area contributed by atoms with Crippen LogP contribution in [-0.4, -0.2) is 30.1 Å². The molecule has 0 saturated heterocycles. The first-order chi connectivity index (χ1) is 10.9. The van der Waals surface area contributed by atoms with Crippen molar-refractivity contribution in [3.63, 3.8) is 0 Å². The number of carboxylic acid groups (broad SMARTS) is 1. The molecule has 122 valence electrons. The van der Waals surface area contributed by atoms with Crippen molar-refractivity contribution in [2.24, 2.45) is 11.8 Å². The predicted octanol–water partition coefficient (Wildman–Crippen LogP) is 2.39. The molecule has 1 aromatic rings. The number of esters is 1. The molecule has 6 heteroatoms. The number of carboxylic acids is 1. The fourth-order valence-electron chi connectivity index (χ4n) is 2.60. The lowest BCUT2D eigenvalue weighted by molar-refractivity contribution is -0.146. The predicted molar refractivity (Wildman–Crippen MR) is 84.1 cm³/mol. The first kappa shape index (κ1) is 16.7. The third kappa shape index (κ3) is 3.77.